The summed E-state index contributed by atoms with van der Waals surface area (Å²) in [6.45, 7) is 2.22. The van der Waals surface area contributed by atoms with Gasteiger partial charge in [0, 0.05) is 30.0 Å². The van der Waals surface area contributed by atoms with Crippen molar-refractivity contribution in [3.05, 3.63) is 48.0 Å². The minimum absolute atomic E-state index is 0.174. The fourth-order valence-corrected chi connectivity index (χ4v) is 3.09. The van der Waals surface area contributed by atoms with Gasteiger partial charge in [-0.05, 0) is 61.7 Å². The van der Waals surface area contributed by atoms with Crippen LogP contribution >= 0.6 is 0 Å². The highest BCUT2D eigenvalue weighted by Crippen LogP contribution is 2.28. The van der Waals surface area contributed by atoms with E-state index in [1.54, 1.807) is 32.4 Å². The molecule has 0 bridgehead atoms. The number of hydrogen-bond acceptors (Lipinski definition) is 4. The zero-order valence-electron chi connectivity index (χ0n) is 14.7. The van der Waals surface area contributed by atoms with Gasteiger partial charge >= 0.3 is 0 Å². The highest BCUT2D eigenvalue weighted by atomic mass is 16.5. The van der Waals surface area contributed by atoms with Crippen molar-refractivity contribution in [2.45, 2.75) is 19.3 Å². The van der Waals surface area contributed by atoms with E-state index >= 15 is 0 Å². The highest BCUT2D eigenvalue weighted by Gasteiger charge is 2.13. The Labute approximate surface area is 148 Å². The second-order valence-corrected chi connectivity index (χ2v) is 6.12. The summed E-state index contributed by atoms with van der Waals surface area (Å²) in [4.78, 5) is 14.8. The van der Waals surface area contributed by atoms with Crippen LogP contribution in [-0.4, -0.2) is 33.2 Å². The molecular weight excluding hydrogens is 316 g/mol. The fraction of sp³-hybridized carbons (Fsp3) is 0.350. The number of benzene rings is 2. The smallest absolute Gasteiger partial charge is 0.255 e. The van der Waals surface area contributed by atoms with Crippen LogP contribution in [0.5, 0.6) is 11.5 Å². The Morgan fingerprint density at radius 2 is 1.60 bits per heavy atom. The van der Waals surface area contributed by atoms with Crippen molar-refractivity contribution in [1.82, 2.24) is 0 Å². The summed E-state index contributed by atoms with van der Waals surface area (Å²) < 4.78 is 10.4. The zero-order chi connectivity index (χ0) is 17.6. The molecule has 0 aromatic heterocycles. The SMILES string of the molecule is COc1ccc(C(=O)Nc2ccc(N3CCCCC3)cc2)cc1OC. The second-order valence-electron chi connectivity index (χ2n) is 6.12. The van der Waals surface area contributed by atoms with Crippen molar-refractivity contribution in [1.29, 1.82) is 0 Å². The van der Waals surface area contributed by atoms with E-state index in [1.165, 1.54) is 24.9 Å². The molecule has 0 spiro atoms. The van der Waals surface area contributed by atoms with Crippen molar-refractivity contribution in [3.8, 4) is 11.5 Å². The number of anilines is 2. The van der Waals surface area contributed by atoms with E-state index < -0.39 is 0 Å². The summed E-state index contributed by atoms with van der Waals surface area (Å²) in [6, 6.07) is 13.2. The summed E-state index contributed by atoms with van der Waals surface area (Å²) in [7, 11) is 3.13. The maximum atomic E-state index is 12.5. The Morgan fingerprint density at radius 1 is 0.920 bits per heavy atom. The van der Waals surface area contributed by atoms with Crippen LogP contribution in [0.4, 0.5) is 11.4 Å². The minimum Gasteiger partial charge on any atom is -0.493 e. The third-order valence-corrected chi connectivity index (χ3v) is 4.49. The Morgan fingerprint density at radius 3 is 2.24 bits per heavy atom. The van der Waals surface area contributed by atoms with Crippen LogP contribution in [0.2, 0.25) is 0 Å². The van der Waals surface area contributed by atoms with Gasteiger partial charge in [0.1, 0.15) is 0 Å². The number of carbonyl (C=O) groups excluding carboxylic acids is 1. The van der Waals surface area contributed by atoms with Crippen LogP contribution in [0.15, 0.2) is 42.5 Å². The lowest BCUT2D eigenvalue weighted by molar-refractivity contribution is 0.102. The van der Waals surface area contributed by atoms with Gasteiger partial charge in [0.2, 0.25) is 0 Å². The zero-order valence-corrected chi connectivity index (χ0v) is 14.7. The van der Waals surface area contributed by atoms with E-state index in [9.17, 15) is 4.79 Å². The Balaban J connectivity index is 1.68. The normalized spacial score (nSPS) is 14.1. The molecule has 0 atom stereocenters. The molecule has 1 amide bonds. The number of piperidine rings is 1. The van der Waals surface area contributed by atoms with Gasteiger partial charge in [0.25, 0.3) is 5.91 Å². The quantitative estimate of drug-likeness (QED) is 0.895. The van der Waals surface area contributed by atoms with Gasteiger partial charge in [-0.2, -0.15) is 0 Å². The second kappa shape index (κ2) is 7.92. The van der Waals surface area contributed by atoms with Crippen molar-refractivity contribution in [2.75, 3.05) is 37.5 Å². The third kappa shape index (κ3) is 4.05. The van der Waals surface area contributed by atoms with Crippen molar-refractivity contribution in [3.63, 3.8) is 0 Å². The first-order valence-corrected chi connectivity index (χ1v) is 8.59. The number of nitrogens with zero attached hydrogens (tertiary/aromatic N) is 1. The number of nitrogens with one attached hydrogen (secondary N) is 1. The first-order valence-electron chi connectivity index (χ1n) is 8.59. The maximum Gasteiger partial charge on any atom is 0.255 e. The molecule has 0 unspecified atom stereocenters. The van der Waals surface area contributed by atoms with Crippen LogP contribution in [-0.2, 0) is 0 Å². The number of rotatable bonds is 5. The summed E-state index contributed by atoms with van der Waals surface area (Å²) in [5.74, 6) is 0.965. The van der Waals surface area contributed by atoms with E-state index in [0.717, 1.165) is 18.8 Å². The van der Waals surface area contributed by atoms with E-state index in [4.69, 9.17) is 9.47 Å². The molecule has 132 valence electrons. The molecule has 1 N–H and O–H groups in total. The Hall–Kier alpha value is -2.69. The number of carbonyl (C=O) groups is 1. The maximum absolute atomic E-state index is 12.5. The van der Waals surface area contributed by atoms with E-state index in [2.05, 4.69) is 22.3 Å². The molecule has 2 aromatic rings. The predicted octanol–water partition coefficient (Wildman–Crippen LogP) is 3.95. The van der Waals surface area contributed by atoms with Crippen molar-refractivity contribution in [2.24, 2.45) is 0 Å². The monoisotopic (exact) mass is 340 g/mol. The summed E-state index contributed by atoms with van der Waals surface area (Å²) >= 11 is 0. The number of amides is 1. The first-order chi connectivity index (χ1) is 12.2. The van der Waals surface area contributed by atoms with Gasteiger partial charge in [0.15, 0.2) is 11.5 Å². The number of methoxy groups -OCH3 is 2. The first kappa shape index (κ1) is 17.1. The van der Waals surface area contributed by atoms with E-state index in [-0.39, 0.29) is 5.91 Å². The van der Waals surface area contributed by atoms with Gasteiger partial charge in [-0.3, -0.25) is 4.79 Å². The molecule has 1 fully saturated rings. The van der Waals surface area contributed by atoms with Crippen LogP contribution in [0.25, 0.3) is 0 Å². The predicted molar refractivity (Wildman–Crippen MR) is 100 cm³/mol. The van der Waals surface area contributed by atoms with Crippen molar-refractivity contribution < 1.29 is 14.3 Å². The largest absolute Gasteiger partial charge is 0.493 e. The Bertz CT molecular complexity index is 722. The molecule has 0 radical (unpaired) electrons. The molecule has 5 heteroatoms. The number of ether oxygens (including phenoxy) is 2. The molecule has 5 nitrogen and oxygen atoms in total. The van der Waals surface area contributed by atoms with Crippen LogP contribution in [0.1, 0.15) is 29.6 Å². The average Bonchev–Trinajstić information content (AvgIpc) is 2.68. The summed E-state index contributed by atoms with van der Waals surface area (Å²) in [5, 5.41) is 2.92. The molecule has 1 saturated heterocycles. The minimum atomic E-state index is -0.174. The van der Waals surface area contributed by atoms with Gasteiger partial charge < -0.3 is 19.7 Å². The van der Waals surface area contributed by atoms with E-state index in [1.807, 2.05) is 12.1 Å². The van der Waals surface area contributed by atoms with Crippen LogP contribution in [0.3, 0.4) is 0 Å². The topological polar surface area (TPSA) is 50.8 Å². The fourth-order valence-electron chi connectivity index (χ4n) is 3.09. The molecule has 0 aliphatic carbocycles. The Kier molecular flexibility index (Phi) is 5.43. The summed E-state index contributed by atoms with van der Waals surface area (Å²) in [5.41, 5.74) is 2.52. The molecule has 25 heavy (non-hydrogen) atoms. The third-order valence-electron chi connectivity index (χ3n) is 4.49. The molecule has 3 rings (SSSR count). The lowest BCUT2D eigenvalue weighted by Gasteiger charge is -2.28. The molecule has 1 aliphatic heterocycles. The van der Waals surface area contributed by atoms with Gasteiger partial charge in [-0.25, -0.2) is 0 Å². The van der Waals surface area contributed by atoms with Gasteiger partial charge in [0.05, 0.1) is 14.2 Å². The number of hydrogen-bond donors (Lipinski definition) is 1. The highest BCUT2D eigenvalue weighted by molar-refractivity contribution is 6.04. The van der Waals surface area contributed by atoms with Crippen molar-refractivity contribution >= 4 is 17.3 Å². The molecule has 2 aromatic carbocycles. The van der Waals surface area contributed by atoms with Gasteiger partial charge in [-0.1, -0.05) is 0 Å². The average molecular weight is 340 g/mol. The lowest BCUT2D eigenvalue weighted by atomic mass is 10.1. The van der Waals surface area contributed by atoms with Crippen LogP contribution < -0.4 is 19.7 Å². The van der Waals surface area contributed by atoms with E-state index in [0.29, 0.717) is 17.1 Å². The molecule has 1 heterocycles. The van der Waals surface area contributed by atoms with Crippen LogP contribution in [0, 0.1) is 0 Å². The summed E-state index contributed by atoms with van der Waals surface area (Å²) in [6.07, 6.45) is 3.81. The van der Waals surface area contributed by atoms with Gasteiger partial charge in [-0.15, -0.1) is 0 Å². The standard InChI is InChI=1S/C20H24N2O3/c1-24-18-11-6-15(14-19(18)25-2)20(23)21-16-7-9-17(10-8-16)22-12-4-3-5-13-22/h6-11,14H,3-5,12-13H2,1-2H3,(H,21,23). The lowest BCUT2D eigenvalue weighted by Crippen LogP contribution is -2.29. The molecular formula is C20H24N2O3. The molecule has 0 saturated carbocycles. The molecule has 1 aliphatic rings.